The Morgan fingerprint density at radius 1 is 1.19 bits per heavy atom. The maximum Gasteiger partial charge on any atom is 0.287 e. The molecule has 0 saturated carbocycles. The highest BCUT2D eigenvalue weighted by molar-refractivity contribution is 14.0. The number of furan rings is 1. The molecule has 9 heteroatoms. The zero-order chi connectivity index (χ0) is 18.4. The van der Waals surface area contributed by atoms with E-state index in [-0.39, 0.29) is 41.5 Å². The number of nitrogens with one attached hydrogen (secondary N) is 1. The molecule has 1 aliphatic heterocycles. The van der Waals surface area contributed by atoms with Gasteiger partial charge in [0.1, 0.15) is 5.82 Å². The predicted molar refractivity (Wildman–Crippen MR) is 113 cm³/mol. The zero-order valence-electron chi connectivity index (χ0n) is 14.8. The standard InChI is InChI=1S/C18H22FN5O2.HI/c19-14-3-5-15(6-4-14)23-9-11-24(12-10-23)18(20)22-8-7-21-17(25)16-2-1-13-26-16;/h1-6,13H,7-12H2,(H2,20,22)(H,21,25);1H. The average molecular weight is 487 g/mol. The highest BCUT2D eigenvalue weighted by Crippen LogP contribution is 2.16. The maximum atomic E-state index is 13.0. The van der Waals surface area contributed by atoms with E-state index in [0.717, 1.165) is 31.9 Å². The van der Waals surface area contributed by atoms with Crippen molar-refractivity contribution in [2.45, 2.75) is 0 Å². The van der Waals surface area contributed by atoms with Crippen LogP contribution in [0.3, 0.4) is 0 Å². The number of amides is 1. The lowest BCUT2D eigenvalue weighted by Crippen LogP contribution is -2.51. The molecule has 1 aromatic heterocycles. The molecule has 3 rings (SSSR count). The highest BCUT2D eigenvalue weighted by atomic mass is 127. The number of carbonyl (C=O) groups excluding carboxylic acids is 1. The highest BCUT2D eigenvalue weighted by Gasteiger charge is 2.18. The Bertz CT molecular complexity index is 744. The molecule has 1 aromatic carbocycles. The number of anilines is 1. The molecule has 27 heavy (non-hydrogen) atoms. The van der Waals surface area contributed by atoms with Crippen molar-refractivity contribution in [1.82, 2.24) is 10.2 Å². The minimum Gasteiger partial charge on any atom is -0.459 e. The van der Waals surface area contributed by atoms with Crippen LogP contribution in [-0.2, 0) is 0 Å². The van der Waals surface area contributed by atoms with Crippen LogP contribution < -0.4 is 16.0 Å². The summed E-state index contributed by atoms with van der Waals surface area (Å²) in [6.07, 6.45) is 1.45. The third kappa shape index (κ3) is 5.84. The summed E-state index contributed by atoms with van der Waals surface area (Å²) >= 11 is 0. The lowest BCUT2D eigenvalue weighted by Gasteiger charge is -2.36. The van der Waals surface area contributed by atoms with Gasteiger partial charge in [0.15, 0.2) is 11.7 Å². The molecule has 7 nitrogen and oxygen atoms in total. The Balaban J connectivity index is 0.00000261. The van der Waals surface area contributed by atoms with Crippen molar-refractivity contribution in [3.63, 3.8) is 0 Å². The average Bonchev–Trinajstić information content (AvgIpc) is 3.20. The molecule has 0 unspecified atom stereocenters. The van der Waals surface area contributed by atoms with Gasteiger partial charge >= 0.3 is 0 Å². The first-order chi connectivity index (χ1) is 12.6. The first kappa shape index (κ1) is 21.0. The van der Waals surface area contributed by atoms with Gasteiger partial charge in [-0.25, -0.2) is 4.39 Å². The molecule has 0 spiro atoms. The molecule has 1 amide bonds. The predicted octanol–water partition coefficient (Wildman–Crippen LogP) is 1.90. The molecular weight excluding hydrogens is 464 g/mol. The lowest BCUT2D eigenvalue weighted by molar-refractivity contribution is 0.0927. The molecule has 1 aliphatic rings. The van der Waals surface area contributed by atoms with E-state index in [2.05, 4.69) is 15.2 Å². The van der Waals surface area contributed by atoms with Crippen molar-refractivity contribution >= 4 is 41.5 Å². The zero-order valence-corrected chi connectivity index (χ0v) is 17.1. The Morgan fingerprint density at radius 2 is 1.89 bits per heavy atom. The Hall–Kier alpha value is -2.30. The van der Waals surface area contributed by atoms with E-state index in [1.165, 1.54) is 18.4 Å². The van der Waals surface area contributed by atoms with Crippen molar-refractivity contribution < 1.29 is 13.6 Å². The fourth-order valence-corrected chi connectivity index (χ4v) is 2.78. The third-order valence-corrected chi connectivity index (χ3v) is 4.21. The van der Waals surface area contributed by atoms with Crippen LogP contribution in [-0.4, -0.2) is 56.0 Å². The summed E-state index contributed by atoms with van der Waals surface area (Å²) in [5.41, 5.74) is 7.04. The van der Waals surface area contributed by atoms with Crippen molar-refractivity contribution in [2.75, 3.05) is 44.2 Å². The number of guanidine groups is 1. The molecule has 0 bridgehead atoms. The second-order valence-electron chi connectivity index (χ2n) is 5.92. The molecule has 2 heterocycles. The molecule has 3 N–H and O–H groups in total. The second kappa shape index (κ2) is 10.1. The van der Waals surface area contributed by atoms with E-state index in [4.69, 9.17) is 10.2 Å². The van der Waals surface area contributed by atoms with Crippen LogP contribution >= 0.6 is 24.0 Å². The number of nitrogens with two attached hydrogens (primary N) is 1. The van der Waals surface area contributed by atoms with Crippen molar-refractivity contribution in [1.29, 1.82) is 0 Å². The maximum absolute atomic E-state index is 13.0. The van der Waals surface area contributed by atoms with E-state index in [1.54, 1.807) is 24.3 Å². The van der Waals surface area contributed by atoms with Gasteiger partial charge in [0.05, 0.1) is 12.8 Å². The second-order valence-corrected chi connectivity index (χ2v) is 5.92. The largest absolute Gasteiger partial charge is 0.459 e. The lowest BCUT2D eigenvalue weighted by atomic mass is 10.2. The number of piperazine rings is 1. The van der Waals surface area contributed by atoms with E-state index in [1.807, 2.05) is 4.90 Å². The number of carbonyl (C=O) groups is 1. The van der Waals surface area contributed by atoms with Crippen molar-refractivity contribution in [3.05, 3.63) is 54.2 Å². The van der Waals surface area contributed by atoms with Gasteiger partial charge in [-0.05, 0) is 36.4 Å². The van der Waals surface area contributed by atoms with Gasteiger partial charge in [-0.2, -0.15) is 0 Å². The number of benzene rings is 1. The van der Waals surface area contributed by atoms with E-state index in [0.29, 0.717) is 19.0 Å². The quantitative estimate of drug-likeness (QED) is 0.291. The van der Waals surface area contributed by atoms with Crippen LogP contribution in [0.2, 0.25) is 0 Å². The third-order valence-electron chi connectivity index (χ3n) is 4.21. The minimum absolute atomic E-state index is 0. The molecule has 0 atom stereocenters. The van der Waals surface area contributed by atoms with Crippen LogP contribution in [0.5, 0.6) is 0 Å². The smallest absolute Gasteiger partial charge is 0.287 e. The fourth-order valence-electron chi connectivity index (χ4n) is 2.78. The van der Waals surface area contributed by atoms with E-state index in [9.17, 15) is 9.18 Å². The van der Waals surface area contributed by atoms with Gasteiger partial charge in [-0.3, -0.25) is 9.79 Å². The summed E-state index contributed by atoms with van der Waals surface area (Å²) in [7, 11) is 0. The molecule has 1 fully saturated rings. The Morgan fingerprint density at radius 3 is 2.52 bits per heavy atom. The Labute approximate surface area is 174 Å². The van der Waals surface area contributed by atoms with Gasteiger partial charge in [-0.1, -0.05) is 0 Å². The van der Waals surface area contributed by atoms with Gasteiger partial charge in [0.2, 0.25) is 0 Å². The molecule has 1 saturated heterocycles. The first-order valence-corrected chi connectivity index (χ1v) is 8.50. The van der Waals surface area contributed by atoms with Crippen LogP contribution in [0, 0.1) is 5.82 Å². The summed E-state index contributed by atoms with van der Waals surface area (Å²) in [5.74, 6) is 0.245. The summed E-state index contributed by atoms with van der Waals surface area (Å²) in [6.45, 7) is 3.84. The van der Waals surface area contributed by atoms with Crippen LogP contribution in [0.4, 0.5) is 10.1 Å². The van der Waals surface area contributed by atoms with Gasteiger partial charge in [-0.15, -0.1) is 24.0 Å². The number of aliphatic imine (C=N–C) groups is 1. The van der Waals surface area contributed by atoms with E-state index < -0.39 is 0 Å². The van der Waals surface area contributed by atoms with Gasteiger partial charge < -0.3 is 25.3 Å². The normalized spacial score (nSPS) is 14.6. The summed E-state index contributed by atoms with van der Waals surface area (Å²) in [6, 6.07) is 9.77. The molecule has 146 valence electrons. The topological polar surface area (TPSA) is 87.1 Å². The summed E-state index contributed by atoms with van der Waals surface area (Å²) < 4.78 is 18.0. The molecular formula is C18H23FIN5O2. The summed E-state index contributed by atoms with van der Waals surface area (Å²) in [4.78, 5) is 20.2. The van der Waals surface area contributed by atoms with Crippen LogP contribution in [0.15, 0.2) is 52.1 Å². The monoisotopic (exact) mass is 487 g/mol. The van der Waals surface area contributed by atoms with Crippen molar-refractivity contribution in [3.8, 4) is 0 Å². The molecule has 0 aliphatic carbocycles. The number of hydrogen-bond donors (Lipinski definition) is 2. The Kier molecular flexibility index (Phi) is 7.89. The van der Waals surface area contributed by atoms with Crippen LogP contribution in [0.1, 0.15) is 10.6 Å². The number of halogens is 2. The van der Waals surface area contributed by atoms with Gasteiger partial charge in [0.25, 0.3) is 5.91 Å². The number of hydrogen-bond acceptors (Lipinski definition) is 4. The minimum atomic E-state index is -0.267. The SMILES string of the molecule is I.NC(=NCCNC(=O)c1ccco1)N1CCN(c2ccc(F)cc2)CC1. The number of rotatable bonds is 5. The van der Waals surface area contributed by atoms with Gasteiger partial charge in [0, 0.05) is 38.4 Å². The molecule has 2 aromatic rings. The van der Waals surface area contributed by atoms with Crippen LogP contribution in [0.25, 0.3) is 0 Å². The fraction of sp³-hybridized carbons (Fsp3) is 0.333. The first-order valence-electron chi connectivity index (χ1n) is 8.50. The van der Waals surface area contributed by atoms with Crippen molar-refractivity contribution in [2.24, 2.45) is 10.7 Å². The number of nitrogens with zero attached hydrogens (tertiary/aromatic N) is 3. The summed E-state index contributed by atoms with van der Waals surface area (Å²) in [5, 5.41) is 2.72. The van der Waals surface area contributed by atoms with E-state index >= 15 is 0 Å². The molecule has 0 radical (unpaired) electrons.